The second-order valence-corrected chi connectivity index (χ2v) is 12.8. The molecule has 50 heavy (non-hydrogen) atoms. The van der Waals surface area contributed by atoms with Crippen LogP contribution in [0.3, 0.4) is 0 Å². The zero-order valence-electron chi connectivity index (χ0n) is 29.5. The van der Waals surface area contributed by atoms with Crippen molar-refractivity contribution in [1.29, 1.82) is 0 Å². The maximum Gasteiger partial charge on any atom is -0.0103 e. The Morgan fingerprint density at radius 3 is 1.48 bits per heavy atom. The molecule has 0 fully saturated rings. The molecule has 9 aromatic carbocycles. The number of benzene rings is 9. The van der Waals surface area contributed by atoms with Crippen LogP contribution in [0.1, 0.15) is 22.3 Å². The maximum absolute atomic E-state index is 2.26. The molecule has 0 radical (unpaired) electrons. The van der Waals surface area contributed by atoms with E-state index in [1.54, 1.807) is 0 Å². The Kier molecular flexibility index (Phi) is 11.1. The predicted octanol–water partition coefficient (Wildman–Crippen LogP) is 14.3. The van der Waals surface area contributed by atoms with Gasteiger partial charge in [0.15, 0.2) is 0 Å². The topological polar surface area (TPSA) is 0 Å². The van der Waals surface area contributed by atoms with Crippen LogP contribution in [0.5, 0.6) is 0 Å². The summed E-state index contributed by atoms with van der Waals surface area (Å²) in [5.74, 6) is 0. The number of aryl methyl sites for hydroxylation is 4. The van der Waals surface area contributed by atoms with Crippen LogP contribution in [0.25, 0.3) is 54.2 Å². The first-order chi connectivity index (χ1) is 24.5. The second kappa shape index (κ2) is 16.4. The summed E-state index contributed by atoms with van der Waals surface area (Å²) in [5, 5.41) is 10.7. The summed E-state index contributed by atoms with van der Waals surface area (Å²) in [4.78, 5) is 0. The first-order valence-corrected chi connectivity index (χ1v) is 17.4. The number of hydrogen-bond acceptors (Lipinski definition) is 0. The molecule has 0 spiro atoms. The van der Waals surface area contributed by atoms with Crippen LogP contribution in [0.2, 0.25) is 0 Å². The van der Waals surface area contributed by atoms with Crippen molar-refractivity contribution >= 4 is 43.1 Å². The Hall–Kier alpha value is -5.98. The first kappa shape index (κ1) is 33.9. The average Bonchev–Trinajstić information content (AvgIpc) is 3.16. The minimum absolute atomic E-state index is 1.28. The standard InChI is InChI=1S/C15H12.C13H12.2C11H10/c1-11-10-12-6-2-3-8-14(12)15-9-5-4-7-13(11)15;1-11-6-5-9-13(10-11)12-7-3-2-4-8-12;1-9-5-4-7-10-6-2-3-8-11(9)10;1-9-6-7-10-4-2-3-5-11(10)8-9/h2-10H,1H3;2-10H,1H3;2*2-8H,1H3. The van der Waals surface area contributed by atoms with E-state index in [-0.39, 0.29) is 0 Å². The lowest BCUT2D eigenvalue weighted by Gasteiger charge is -2.06. The van der Waals surface area contributed by atoms with Gasteiger partial charge in [-0.15, -0.1) is 0 Å². The third-order valence-corrected chi connectivity index (χ3v) is 9.01. The van der Waals surface area contributed by atoms with Crippen LogP contribution in [-0.4, -0.2) is 0 Å². The lowest BCUT2D eigenvalue weighted by atomic mass is 9.98. The molecular weight excluding hydrogens is 601 g/mol. The minimum Gasteiger partial charge on any atom is -0.0622 e. The van der Waals surface area contributed by atoms with E-state index in [0.29, 0.717) is 0 Å². The van der Waals surface area contributed by atoms with E-state index in [2.05, 4.69) is 216 Å². The van der Waals surface area contributed by atoms with Crippen molar-refractivity contribution in [2.24, 2.45) is 0 Å². The van der Waals surface area contributed by atoms with E-state index < -0.39 is 0 Å². The Bertz CT molecular complexity index is 2460. The van der Waals surface area contributed by atoms with Crippen molar-refractivity contribution in [3.63, 3.8) is 0 Å². The van der Waals surface area contributed by atoms with Gasteiger partial charge in [0, 0.05) is 0 Å². The highest BCUT2D eigenvalue weighted by Crippen LogP contribution is 2.28. The number of fused-ring (bicyclic) bond motifs is 5. The van der Waals surface area contributed by atoms with Crippen LogP contribution in [0.4, 0.5) is 0 Å². The molecule has 0 unspecified atom stereocenters. The molecule has 0 aliphatic rings. The summed E-state index contributed by atoms with van der Waals surface area (Å²) < 4.78 is 0. The van der Waals surface area contributed by atoms with Crippen LogP contribution >= 0.6 is 0 Å². The molecule has 244 valence electrons. The molecule has 0 saturated heterocycles. The van der Waals surface area contributed by atoms with E-state index >= 15 is 0 Å². The van der Waals surface area contributed by atoms with Gasteiger partial charge in [0.05, 0.1) is 0 Å². The molecular formula is C50H44. The highest BCUT2D eigenvalue weighted by atomic mass is 14.1. The highest BCUT2D eigenvalue weighted by Gasteiger charge is 2.02. The zero-order valence-corrected chi connectivity index (χ0v) is 29.5. The van der Waals surface area contributed by atoms with E-state index in [1.165, 1.54) is 76.5 Å². The molecule has 9 aromatic rings. The van der Waals surface area contributed by atoms with Gasteiger partial charge >= 0.3 is 0 Å². The van der Waals surface area contributed by atoms with E-state index in [9.17, 15) is 0 Å². The third-order valence-electron chi connectivity index (χ3n) is 9.01. The van der Waals surface area contributed by atoms with Crippen LogP contribution < -0.4 is 0 Å². The Labute approximate surface area is 297 Å². The molecule has 0 aliphatic carbocycles. The maximum atomic E-state index is 2.26. The van der Waals surface area contributed by atoms with E-state index in [4.69, 9.17) is 0 Å². The van der Waals surface area contributed by atoms with E-state index in [1.807, 2.05) is 6.07 Å². The van der Waals surface area contributed by atoms with Crippen molar-refractivity contribution in [2.75, 3.05) is 0 Å². The van der Waals surface area contributed by atoms with Gasteiger partial charge in [-0.2, -0.15) is 0 Å². The Morgan fingerprint density at radius 2 is 0.760 bits per heavy atom. The quantitative estimate of drug-likeness (QED) is 0.156. The fourth-order valence-electron chi connectivity index (χ4n) is 6.39. The first-order valence-electron chi connectivity index (χ1n) is 17.4. The van der Waals surface area contributed by atoms with Crippen LogP contribution in [0, 0.1) is 27.7 Å². The molecule has 0 heterocycles. The molecule has 0 nitrogen and oxygen atoms in total. The van der Waals surface area contributed by atoms with Crippen LogP contribution in [0.15, 0.2) is 194 Å². The van der Waals surface area contributed by atoms with Crippen molar-refractivity contribution in [2.45, 2.75) is 27.7 Å². The lowest BCUT2D eigenvalue weighted by molar-refractivity contribution is 1.47. The Morgan fingerprint density at radius 1 is 0.240 bits per heavy atom. The van der Waals surface area contributed by atoms with E-state index in [0.717, 1.165) is 0 Å². The van der Waals surface area contributed by atoms with Gasteiger partial charge in [0.2, 0.25) is 0 Å². The largest absolute Gasteiger partial charge is 0.0622 e. The lowest BCUT2D eigenvalue weighted by Crippen LogP contribution is -1.81. The molecule has 0 bridgehead atoms. The SMILES string of the molecule is Cc1cc2ccccc2c2ccccc12.Cc1ccc2ccccc2c1.Cc1cccc(-c2ccccc2)c1.Cc1cccc2ccccc12. The van der Waals surface area contributed by atoms with Gasteiger partial charge < -0.3 is 0 Å². The molecule has 9 rings (SSSR count). The summed E-state index contributed by atoms with van der Waals surface area (Å²) in [6.45, 7) is 8.55. The van der Waals surface area contributed by atoms with Gasteiger partial charge in [-0.1, -0.05) is 205 Å². The van der Waals surface area contributed by atoms with Crippen LogP contribution in [-0.2, 0) is 0 Å². The van der Waals surface area contributed by atoms with Gasteiger partial charge in [-0.3, -0.25) is 0 Å². The third kappa shape index (κ3) is 8.53. The molecule has 0 aromatic heterocycles. The average molecular weight is 645 g/mol. The fraction of sp³-hybridized carbons (Fsp3) is 0.0800. The monoisotopic (exact) mass is 644 g/mol. The summed E-state index contributed by atoms with van der Waals surface area (Å²) in [5.41, 5.74) is 7.91. The summed E-state index contributed by atoms with van der Waals surface area (Å²) in [6, 6.07) is 68.2. The fourth-order valence-corrected chi connectivity index (χ4v) is 6.39. The smallest absolute Gasteiger partial charge is 0.0103 e. The highest BCUT2D eigenvalue weighted by molar-refractivity contribution is 6.08. The zero-order chi connectivity index (χ0) is 34.7. The second-order valence-electron chi connectivity index (χ2n) is 12.8. The summed E-state index contributed by atoms with van der Waals surface area (Å²) in [6.07, 6.45) is 0. The molecule has 0 saturated carbocycles. The van der Waals surface area contributed by atoms with Gasteiger partial charge in [-0.05, 0) is 93.0 Å². The molecule has 0 heteroatoms. The molecule has 0 aliphatic heterocycles. The van der Waals surface area contributed by atoms with Crippen molar-refractivity contribution in [3.05, 3.63) is 216 Å². The minimum atomic E-state index is 1.28. The van der Waals surface area contributed by atoms with Crippen molar-refractivity contribution < 1.29 is 0 Å². The van der Waals surface area contributed by atoms with Gasteiger partial charge in [0.1, 0.15) is 0 Å². The summed E-state index contributed by atoms with van der Waals surface area (Å²) in [7, 11) is 0. The van der Waals surface area contributed by atoms with Crippen molar-refractivity contribution in [1.82, 2.24) is 0 Å². The van der Waals surface area contributed by atoms with Crippen molar-refractivity contribution in [3.8, 4) is 11.1 Å². The molecule has 0 N–H and O–H groups in total. The normalized spacial score (nSPS) is 10.4. The predicted molar refractivity (Wildman–Crippen MR) is 220 cm³/mol. The number of hydrogen-bond donors (Lipinski definition) is 0. The molecule has 0 amide bonds. The number of rotatable bonds is 1. The van der Waals surface area contributed by atoms with Gasteiger partial charge in [0.25, 0.3) is 0 Å². The summed E-state index contributed by atoms with van der Waals surface area (Å²) >= 11 is 0. The Balaban J connectivity index is 0.000000116. The van der Waals surface area contributed by atoms with Gasteiger partial charge in [-0.25, -0.2) is 0 Å². The molecule has 0 atom stereocenters.